The standard InChI is InChI=1S/C27H25ClN2O5/c1-3-33-22-14-18(12-13-21(22)34-16-17-8-5-4-6-9-17)24-23-25(35-29(24)2)27(32)30(26(23)31)20-11-7-10-19(28)15-20/h4-15,23-25H,3,16H2,1-2H3/t23-,24-,25+/m1/s1. The molecule has 35 heavy (non-hydrogen) atoms. The maximum atomic E-state index is 13.5. The summed E-state index contributed by atoms with van der Waals surface area (Å²) in [6, 6.07) is 21.7. The molecule has 2 aliphatic heterocycles. The molecule has 0 aromatic heterocycles. The molecule has 0 saturated carbocycles. The van der Waals surface area contributed by atoms with Crippen LogP contribution in [0.4, 0.5) is 5.69 Å². The molecule has 0 unspecified atom stereocenters. The Morgan fingerprint density at radius 3 is 2.46 bits per heavy atom. The number of fused-ring (bicyclic) bond motifs is 1. The second-order valence-corrected chi connectivity index (χ2v) is 8.88. The molecular formula is C27H25ClN2O5. The number of anilines is 1. The van der Waals surface area contributed by atoms with E-state index < -0.39 is 24.0 Å². The summed E-state index contributed by atoms with van der Waals surface area (Å²) in [5.74, 6) is -0.242. The molecule has 2 saturated heterocycles. The average molecular weight is 493 g/mol. The van der Waals surface area contributed by atoms with Gasteiger partial charge in [0.15, 0.2) is 17.6 Å². The van der Waals surface area contributed by atoms with Gasteiger partial charge in [0, 0.05) is 12.1 Å². The average Bonchev–Trinajstić information content (AvgIpc) is 3.32. The number of halogens is 1. The van der Waals surface area contributed by atoms with E-state index in [9.17, 15) is 9.59 Å². The molecule has 2 heterocycles. The molecule has 0 aliphatic carbocycles. The van der Waals surface area contributed by atoms with E-state index in [1.165, 1.54) is 4.90 Å². The Balaban J connectivity index is 1.43. The molecular weight excluding hydrogens is 468 g/mol. The van der Waals surface area contributed by atoms with Gasteiger partial charge in [-0.05, 0) is 48.4 Å². The number of imide groups is 1. The van der Waals surface area contributed by atoms with Crippen LogP contribution < -0.4 is 14.4 Å². The Kier molecular flexibility index (Phi) is 6.47. The maximum absolute atomic E-state index is 13.5. The monoisotopic (exact) mass is 492 g/mol. The zero-order valence-electron chi connectivity index (χ0n) is 19.4. The van der Waals surface area contributed by atoms with Gasteiger partial charge in [0.2, 0.25) is 5.91 Å². The van der Waals surface area contributed by atoms with Gasteiger partial charge in [-0.2, -0.15) is 5.06 Å². The SMILES string of the molecule is CCOc1cc([C@@H]2[C@H]3C(=O)N(c4cccc(Cl)c4)C(=O)[C@H]3ON2C)ccc1OCc1ccccc1. The lowest BCUT2D eigenvalue weighted by Gasteiger charge is -2.25. The van der Waals surface area contributed by atoms with E-state index in [2.05, 4.69) is 0 Å². The van der Waals surface area contributed by atoms with Crippen molar-refractivity contribution in [2.45, 2.75) is 25.7 Å². The van der Waals surface area contributed by atoms with E-state index in [1.807, 2.05) is 55.5 Å². The minimum absolute atomic E-state index is 0.320. The Hall–Kier alpha value is -3.39. The minimum atomic E-state index is -0.902. The number of rotatable bonds is 7. The molecule has 2 aliphatic rings. The van der Waals surface area contributed by atoms with E-state index in [4.69, 9.17) is 25.9 Å². The number of hydroxylamine groups is 2. The number of ether oxygens (including phenoxy) is 2. The lowest BCUT2D eigenvalue weighted by molar-refractivity contribution is -0.160. The van der Waals surface area contributed by atoms with Crippen molar-refractivity contribution in [3.63, 3.8) is 0 Å². The minimum Gasteiger partial charge on any atom is -0.490 e. The third-order valence-corrected chi connectivity index (χ3v) is 6.46. The van der Waals surface area contributed by atoms with Crippen LogP contribution in [0.25, 0.3) is 0 Å². The highest BCUT2D eigenvalue weighted by Crippen LogP contribution is 2.46. The van der Waals surface area contributed by atoms with Crippen molar-refractivity contribution < 1.29 is 23.9 Å². The van der Waals surface area contributed by atoms with Crippen molar-refractivity contribution in [1.29, 1.82) is 0 Å². The van der Waals surface area contributed by atoms with Crippen LogP contribution >= 0.6 is 11.6 Å². The maximum Gasteiger partial charge on any atom is 0.265 e. The third kappa shape index (κ3) is 4.38. The molecule has 180 valence electrons. The smallest absolute Gasteiger partial charge is 0.265 e. The zero-order valence-corrected chi connectivity index (χ0v) is 20.1. The van der Waals surface area contributed by atoms with Gasteiger partial charge < -0.3 is 9.47 Å². The van der Waals surface area contributed by atoms with E-state index >= 15 is 0 Å². The fourth-order valence-corrected chi connectivity index (χ4v) is 4.85. The van der Waals surface area contributed by atoms with Gasteiger partial charge >= 0.3 is 0 Å². The van der Waals surface area contributed by atoms with Crippen molar-refractivity contribution in [3.05, 3.63) is 88.9 Å². The highest BCUT2D eigenvalue weighted by Gasteiger charge is 2.59. The molecule has 5 rings (SSSR count). The van der Waals surface area contributed by atoms with Gasteiger partial charge in [-0.15, -0.1) is 0 Å². The second kappa shape index (κ2) is 9.70. The van der Waals surface area contributed by atoms with Crippen LogP contribution in [-0.4, -0.2) is 36.6 Å². The molecule has 3 aromatic rings. The number of carbonyl (C=O) groups excluding carboxylic acids is 2. The topological polar surface area (TPSA) is 68.3 Å². The molecule has 0 N–H and O–H groups in total. The first-order valence-corrected chi connectivity index (χ1v) is 11.8. The largest absolute Gasteiger partial charge is 0.490 e. The summed E-state index contributed by atoms with van der Waals surface area (Å²) < 4.78 is 11.9. The summed E-state index contributed by atoms with van der Waals surface area (Å²) in [5, 5.41) is 2.03. The number of carbonyl (C=O) groups is 2. The van der Waals surface area contributed by atoms with Gasteiger partial charge in [0.05, 0.1) is 24.3 Å². The van der Waals surface area contributed by atoms with E-state index in [-0.39, 0.29) is 5.91 Å². The summed E-state index contributed by atoms with van der Waals surface area (Å²) in [4.78, 5) is 33.7. The molecule has 0 spiro atoms. The molecule has 0 bridgehead atoms. The number of nitrogens with zero attached hydrogens (tertiary/aromatic N) is 2. The van der Waals surface area contributed by atoms with Crippen molar-refractivity contribution in [2.75, 3.05) is 18.6 Å². The molecule has 3 aromatic carbocycles. The van der Waals surface area contributed by atoms with Gasteiger partial charge in [-0.1, -0.05) is 54.1 Å². The van der Waals surface area contributed by atoms with Crippen molar-refractivity contribution in [1.82, 2.24) is 5.06 Å². The predicted molar refractivity (Wildman–Crippen MR) is 131 cm³/mol. The molecule has 3 atom stereocenters. The van der Waals surface area contributed by atoms with Gasteiger partial charge in [0.25, 0.3) is 5.91 Å². The van der Waals surface area contributed by atoms with Crippen LogP contribution in [0.15, 0.2) is 72.8 Å². The predicted octanol–water partition coefficient (Wildman–Crippen LogP) is 4.79. The summed E-state index contributed by atoms with van der Waals surface area (Å²) in [7, 11) is 1.73. The van der Waals surface area contributed by atoms with E-state index in [0.717, 1.165) is 11.1 Å². The first-order chi connectivity index (χ1) is 17.0. The van der Waals surface area contributed by atoms with Crippen LogP contribution in [0.5, 0.6) is 11.5 Å². The Bertz CT molecular complexity index is 1250. The van der Waals surface area contributed by atoms with Crippen LogP contribution in [-0.2, 0) is 21.0 Å². The number of benzene rings is 3. The molecule has 2 amide bonds. The fourth-order valence-electron chi connectivity index (χ4n) is 4.67. The fraction of sp³-hybridized carbons (Fsp3) is 0.259. The quantitative estimate of drug-likeness (QED) is 0.442. The summed E-state index contributed by atoms with van der Waals surface area (Å²) in [5.41, 5.74) is 2.28. The Morgan fingerprint density at radius 1 is 0.914 bits per heavy atom. The normalized spacial score (nSPS) is 21.9. The molecule has 0 radical (unpaired) electrons. The first-order valence-electron chi connectivity index (χ1n) is 11.4. The summed E-state index contributed by atoms with van der Waals surface area (Å²) >= 11 is 6.10. The van der Waals surface area contributed by atoms with Crippen molar-refractivity contribution in [3.8, 4) is 11.5 Å². The van der Waals surface area contributed by atoms with Crippen molar-refractivity contribution >= 4 is 29.1 Å². The van der Waals surface area contributed by atoms with Crippen LogP contribution in [0.3, 0.4) is 0 Å². The van der Waals surface area contributed by atoms with E-state index in [0.29, 0.717) is 35.4 Å². The van der Waals surface area contributed by atoms with E-state index in [1.54, 1.807) is 36.4 Å². The lowest BCUT2D eigenvalue weighted by atomic mass is 9.91. The Labute approximate surface area is 208 Å². The Morgan fingerprint density at radius 2 is 1.71 bits per heavy atom. The van der Waals surface area contributed by atoms with Crippen LogP contribution in [0.1, 0.15) is 24.1 Å². The van der Waals surface area contributed by atoms with Gasteiger partial charge in [-0.3, -0.25) is 14.4 Å². The first kappa shape index (κ1) is 23.4. The summed E-state index contributed by atoms with van der Waals surface area (Å²) in [6.07, 6.45) is -0.902. The van der Waals surface area contributed by atoms with Crippen LogP contribution in [0, 0.1) is 5.92 Å². The number of hydrogen-bond acceptors (Lipinski definition) is 6. The van der Waals surface area contributed by atoms with Gasteiger partial charge in [-0.25, -0.2) is 4.90 Å². The number of hydrogen-bond donors (Lipinski definition) is 0. The van der Waals surface area contributed by atoms with Gasteiger partial charge in [0.1, 0.15) is 6.61 Å². The molecule has 8 heteroatoms. The lowest BCUT2D eigenvalue weighted by Crippen LogP contribution is -2.36. The number of amides is 2. The van der Waals surface area contributed by atoms with Crippen LogP contribution in [0.2, 0.25) is 5.02 Å². The molecule has 2 fully saturated rings. The highest BCUT2D eigenvalue weighted by atomic mass is 35.5. The van der Waals surface area contributed by atoms with Crippen molar-refractivity contribution in [2.24, 2.45) is 5.92 Å². The third-order valence-electron chi connectivity index (χ3n) is 6.22. The second-order valence-electron chi connectivity index (χ2n) is 8.45. The summed E-state index contributed by atoms with van der Waals surface area (Å²) in [6.45, 7) is 2.75. The molecule has 7 nitrogen and oxygen atoms in total. The zero-order chi connectivity index (χ0) is 24.5. The highest BCUT2D eigenvalue weighted by molar-refractivity contribution is 6.31.